The van der Waals surface area contributed by atoms with Crippen molar-refractivity contribution in [3.63, 3.8) is 0 Å². The molecule has 0 spiro atoms. The average molecular weight is 206 g/mol. The Morgan fingerprint density at radius 3 is 2.53 bits per heavy atom. The molecule has 1 aliphatic rings. The minimum absolute atomic E-state index is 0.220. The number of rotatable bonds is 2. The van der Waals surface area contributed by atoms with Gasteiger partial charge in [0.25, 0.3) is 0 Å². The van der Waals surface area contributed by atoms with E-state index in [1.165, 1.54) is 0 Å². The fraction of sp³-hybridized carbons (Fsp3) is 0.273. The van der Waals surface area contributed by atoms with Crippen molar-refractivity contribution >= 4 is 11.9 Å². The van der Waals surface area contributed by atoms with Crippen LogP contribution in [0.2, 0.25) is 0 Å². The molecule has 1 N–H and O–H groups in total. The predicted molar refractivity (Wildman–Crippen MR) is 51.3 cm³/mol. The Morgan fingerprint density at radius 1 is 1.33 bits per heavy atom. The largest absolute Gasteiger partial charge is 0.479 e. The molecule has 78 valence electrons. The molecule has 15 heavy (non-hydrogen) atoms. The van der Waals surface area contributed by atoms with E-state index in [1.54, 1.807) is 12.1 Å². The van der Waals surface area contributed by atoms with E-state index in [2.05, 4.69) is 0 Å². The Balaban J connectivity index is 2.19. The first-order valence-corrected chi connectivity index (χ1v) is 4.66. The summed E-state index contributed by atoms with van der Waals surface area (Å²) in [5.74, 6) is -1.97. The molecule has 0 aliphatic carbocycles. The molecule has 4 heteroatoms. The molecule has 1 saturated heterocycles. The van der Waals surface area contributed by atoms with Gasteiger partial charge < -0.3 is 9.84 Å². The first-order chi connectivity index (χ1) is 7.18. The zero-order chi connectivity index (χ0) is 10.8. The highest BCUT2D eigenvalue weighted by Crippen LogP contribution is 2.30. The molecule has 0 saturated carbocycles. The molecule has 2 atom stereocenters. The van der Waals surface area contributed by atoms with Gasteiger partial charge >= 0.3 is 11.9 Å². The maximum atomic E-state index is 11.4. The summed E-state index contributed by atoms with van der Waals surface area (Å²) in [5.41, 5.74) is 0.811. The van der Waals surface area contributed by atoms with Gasteiger partial charge in [-0.1, -0.05) is 30.3 Å². The van der Waals surface area contributed by atoms with Gasteiger partial charge in [-0.15, -0.1) is 0 Å². The molecule has 2 rings (SSSR count). The molecule has 0 amide bonds. The Bertz CT molecular complexity index is 385. The average Bonchev–Trinajstić information content (AvgIpc) is 2.62. The number of carboxylic acids is 1. The minimum atomic E-state index is -1.08. The molecule has 1 aliphatic heterocycles. The van der Waals surface area contributed by atoms with Gasteiger partial charge in [0.05, 0.1) is 5.92 Å². The van der Waals surface area contributed by atoms with E-state index in [1.807, 2.05) is 18.2 Å². The number of hydrogen-bond donors (Lipinski definition) is 1. The third-order valence-electron chi connectivity index (χ3n) is 2.47. The fourth-order valence-corrected chi connectivity index (χ4v) is 1.69. The molecule has 1 heterocycles. The van der Waals surface area contributed by atoms with Crippen LogP contribution in [0.25, 0.3) is 0 Å². The Morgan fingerprint density at radius 2 is 2.00 bits per heavy atom. The van der Waals surface area contributed by atoms with Crippen LogP contribution in [0.15, 0.2) is 30.3 Å². The molecule has 2 unspecified atom stereocenters. The van der Waals surface area contributed by atoms with Crippen LogP contribution in [0.4, 0.5) is 0 Å². The van der Waals surface area contributed by atoms with Crippen molar-refractivity contribution in [2.45, 2.75) is 18.4 Å². The summed E-state index contributed by atoms with van der Waals surface area (Å²) in [5, 5.41) is 8.72. The summed E-state index contributed by atoms with van der Waals surface area (Å²) in [6.45, 7) is 0. The molecule has 0 aromatic heterocycles. The Hall–Kier alpha value is -1.84. The summed E-state index contributed by atoms with van der Waals surface area (Å²) >= 11 is 0. The number of aliphatic carboxylic acids is 1. The summed E-state index contributed by atoms with van der Waals surface area (Å²) < 4.78 is 4.75. The van der Waals surface area contributed by atoms with E-state index in [0.29, 0.717) is 0 Å². The number of carboxylic acid groups (broad SMARTS) is 1. The molecule has 4 nitrogen and oxygen atoms in total. The highest BCUT2D eigenvalue weighted by molar-refractivity contribution is 5.86. The molecule has 0 radical (unpaired) electrons. The number of carbonyl (C=O) groups is 2. The smallest absolute Gasteiger partial charge is 0.345 e. The minimum Gasteiger partial charge on any atom is -0.479 e. The standard InChI is InChI=1S/C11H10O4/c12-10(13)9-6-8(11(14)15-9)7-4-2-1-3-5-7/h1-5,8-9H,6H2,(H,12,13). The topological polar surface area (TPSA) is 63.6 Å². The van der Waals surface area contributed by atoms with Gasteiger partial charge in [-0.3, -0.25) is 4.79 Å². The zero-order valence-corrected chi connectivity index (χ0v) is 7.92. The van der Waals surface area contributed by atoms with Crippen LogP contribution in [0.3, 0.4) is 0 Å². The molecule has 0 bridgehead atoms. The van der Waals surface area contributed by atoms with E-state index >= 15 is 0 Å². The third kappa shape index (κ3) is 1.83. The number of cyclic esters (lactones) is 1. The zero-order valence-electron chi connectivity index (χ0n) is 7.92. The van der Waals surface area contributed by atoms with Crippen LogP contribution in [0, 0.1) is 0 Å². The highest BCUT2D eigenvalue weighted by atomic mass is 16.6. The van der Waals surface area contributed by atoms with Gasteiger partial charge in [0, 0.05) is 6.42 Å². The van der Waals surface area contributed by atoms with Crippen molar-refractivity contribution in [1.29, 1.82) is 0 Å². The Kier molecular flexibility index (Phi) is 2.41. The second-order valence-corrected chi connectivity index (χ2v) is 3.46. The van der Waals surface area contributed by atoms with Crippen molar-refractivity contribution in [1.82, 2.24) is 0 Å². The fourth-order valence-electron chi connectivity index (χ4n) is 1.69. The van der Waals surface area contributed by atoms with Crippen LogP contribution in [-0.4, -0.2) is 23.1 Å². The van der Waals surface area contributed by atoms with Gasteiger partial charge in [0.2, 0.25) is 0 Å². The van der Waals surface area contributed by atoms with Crippen LogP contribution >= 0.6 is 0 Å². The lowest BCUT2D eigenvalue weighted by Crippen LogP contribution is -2.18. The summed E-state index contributed by atoms with van der Waals surface area (Å²) in [6.07, 6.45) is -0.777. The molecule has 1 fully saturated rings. The lowest BCUT2D eigenvalue weighted by atomic mass is 9.96. The number of benzene rings is 1. The second kappa shape index (κ2) is 3.73. The van der Waals surface area contributed by atoms with Crippen LogP contribution in [-0.2, 0) is 14.3 Å². The molecule has 1 aromatic carbocycles. The third-order valence-corrected chi connectivity index (χ3v) is 2.47. The van der Waals surface area contributed by atoms with E-state index in [0.717, 1.165) is 5.56 Å². The van der Waals surface area contributed by atoms with Gasteiger partial charge in [-0.05, 0) is 5.56 Å². The van der Waals surface area contributed by atoms with Gasteiger partial charge in [0.15, 0.2) is 6.10 Å². The first-order valence-electron chi connectivity index (χ1n) is 4.66. The van der Waals surface area contributed by atoms with Crippen molar-refractivity contribution in [3.05, 3.63) is 35.9 Å². The Labute approximate surface area is 86.5 Å². The van der Waals surface area contributed by atoms with Crippen molar-refractivity contribution in [2.24, 2.45) is 0 Å². The van der Waals surface area contributed by atoms with Gasteiger partial charge in [0.1, 0.15) is 0 Å². The molecule has 1 aromatic rings. The predicted octanol–water partition coefficient (Wildman–Crippen LogP) is 1.17. The molecular formula is C11H10O4. The van der Waals surface area contributed by atoms with E-state index in [-0.39, 0.29) is 6.42 Å². The lowest BCUT2D eigenvalue weighted by molar-refractivity contribution is -0.157. The van der Waals surface area contributed by atoms with Crippen molar-refractivity contribution < 1.29 is 19.4 Å². The number of esters is 1. The van der Waals surface area contributed by atoms with Crippen molar-refractivity contribution in [3.8, 4) is 0 Å². The highest BCUT2D eigenvalue weighted by Gasteiger charge is 2.39. The maximum Gasteiger partial charge on any atom is 0.345 e. The monoisotopic (exact) mass is 206 g/mol. The van der Waals surface area contributed by atoms with E-state index in [4.69, 9.17) is 9.84 Å². The van der Waals surface area contributed by atoms with Crippen LogP contribution in [0.1, 0.15) is 17.9 Å². The van der Waals surface area contributed by atoms with Crippen molar-refractivity contribution in [2.75, 3.05) is 0 Å². The van der Waals surface area contributed by atoms with E-state index < -0.39 is 24.0 Å². The van der Waals surface area contributed by atoms with Gasteiger partial charge in [-0.2, -0.15) is 0 Å². The molecular weight excluding hydrogens is 196 g/mol. The van der Waals surface area contributed by atoms with Gasteiger partial charge in [-0.25, -0.2) is 4.79 Å². The van der Waals surface area contributed by atoms with Crippen LogP contribution < -0.4 is 0 Å². The summed E-state index contributed by atoms with van der Waals surface area (Å²) in [4.78, 5) is 22.1. The van der Waals surface area contributed by atoms with E-state index in [9.17, 15) is 9.59 Å². The SMILES string of the molecule is O=C(O)C1CC(c2ccccc2)C(=O)O1. The second-order valence-electron chi connectivity index (χ2n) is 3.46. The maximum absolute atomic E-state index is 11.4. The number of carbonyl (C=O) groups excluding carboxylic acids is 1. The summed E-state index contributed by atoms with van der Waals surface area (Å²) in [6, 6.07) is 9.08. The summed E-state index contributed by atoms with van der Waals surface area (Å²) in [7, 11) is 0. The number of hydrogen-bond acceptors (Lipinski definition) is 3. The lowest BCUT2D eigenvalue weighted by Gasteiger charge is -2.03. The van der Waals surface area contributed by atoms with Crippen LogP contribution in [0.5, 0.6) is 0 Å². The normalized spacial score (nSPS) is 24.9. The number of ether oxygens (including phenoxy) is 1. The quantitative estimate of drug-likeness (QED) is 0.738. The first kappa shape index (κ1) is 9.71.